The van der Waals surface area contributed by atoms with Crippen LogP contribution in [0.5, 0.6) is 0 Å². The predicted octanol–water partition coefficient (Wildman–Crippen LogP) is 2.88. The van der Waals surface area contributed by atoms with Crippen LogP contribution in [0.1, 0.15) is 38.2 Å². The Bertz CT molecular complexity index is 481. The Labute approximate surface area is 128 Å². The molecule has 1 aliphatic heterocycles. The lowest BCUT2D eigenvalue weighted by molar-refractivity contribution is 0.214. The lowest BCUT2D eigenvalue weighted by atomic mass is 9.99. The third kappa shape index (κ3) is 5.05. The predicted molar refractivity (Wildman–Crippen MR) is 90.9 cm³/mol. The zero-order valence-electron chi connectivity index (χ0n) is 13.5. The number of likely N-dealkylation sites (tertiary alicyclic amines) is 1. The minimum absolute atomic E-state index is 0.516. The number of guanidine groups is 1. The lowest BCUT2D eigenvalue weighted by Crippen LogP contribution is -2.34. The fourth-order valence-corrected chi connectivity index (χ4v) is 2.81. The van der Waals surface area contributed by atoms with Crippen LogP contribution in [0.2, 0.25) is 0 Å². The van der Waals surface area contributed by atoms with E-state index in [0.717, 1.165) is 18.8 Å². The highest BCUT2D eigenvalue weighted by atomic mass is 15.1. The first-order valence-electron chi connectivity index (χ1n) is 7.90. The van der Waals surface area contributed by atoms with Crippen molar-refractivity contribution in [3.63, 3.8) is 0 Å². The summed E-state index contributed by atoms with van der Waals surface area (Å²) in [6, 6.07) is 8.37. The molecule has 1 aliphatic rings. The minimum Gasteiger partial charge on any atom is -0.370 e. The molecule has 116 valence electrons. The van der Waals surface area contributed by atoms with Crippen LogP contribution in [0.25, 0.3) is 0 Å². The van der Waals surface area contributed by atoms with Crippen molar-refractivity contribution in [1.82, 2.24) is 4.90 Å². The van der Waals surface area contributed by atoms with E-state index in [2.05, 4.69) is 54.3 Å². The monoisotopic (exact) mass is 288 g/mol. The van der Waals surface area contributed by atoms with Gasteiger partial charge in [0.25, 0.3) is 0 Å². The molecule has 1 heterocycles. The third-order valence-electron chi connectivity index (χ3n) is 4.07. The summed E-state index contributed by atoms with van der Waals surface area (Å²) < 4.78 is 0. The summed E-state index contributed by atoms with van der Waals surface area (Å²) in [7, 11) is 2.18. The summed E-state index contributed by atoms with van der Waals surface area (Å²) in [6.07, 6.45) is 2.52. The summed E-state index contributed by atoms with van der Waals surface area (Å²) in [5.41, 5.74) is 8.33. The van der Waals surface area contributed by atoms with Crippen LogP contribution < -0.4 is 11.1 Å². The largest absolute Gasteiger partial charge is 0.370 e. The quantitative estimate of drug-likeness (QED) is 0.661. The SMILES string of the molecule is CC(C)c1cccc(NC(N)=NCC2CCCN(C)C2)c1. The van der Waals surface area contributed by atoms with Crippen LogP contribution in [-0.2, 0) is 0 Å². The van der Waals surface area contributed by atoms with Crippen molar-refractivity contribution in [2.75, 3.05) is 32.0 Å². The van der Waals surface area contributed by atoms with Crippen molar-refractivity contribution in [3.05, 3.63) is 29.8 Å². The maximum Gasteiger partial charge on any atom is 0.193 e. The molecule has 0 aliphatic carbocycles. The molecule has 0 saturated carbocycles. The Morgan fingerprint density at radius 3 is 3.00 bits per heavy atom. The van der Waals surface area contributed by atoms with E-state index in [4.69, 9.17) is 5.73 Å². The lowest BCUT2D eigenvalue weighted by Gasteiger charge is -2.28. The average Bonchev–Trinajstić information content (AvgIpc) is 2.45. The Morgan fingerprint density at radius 1 is 1.48 bits per heavy atom. The molecule has 3 N–H and O–H groups in total. The van der Waals surface area contributed by atoms with Crippen LogP contribution >= 0.6 is 0 Å². The van der Waals surface area contributed by atoms with E-state index in [1.54, 1.807) is 0 Å². The molecule has 2 rings (SSSR count). The first kappa shape index (κ1) is 15.8. The van der Waals surface area contributed by atoms with E-state index in [1.807, 2.05) is 6.07 Å². The van der Waals surface area contributed by atoms with Gasteiger partial charge in [-0.2, -0.15) is 0 Å². The molecule has 0 radical (unpaired) electrons. The molecule has 0 amide bonds. The smallest absolute Gasteiger partial charge is 0.193 e. The second kappa shape index (κ2) is 7.46. The number of aliphatic imine (C=N–C) groups is 1. The van der Waals surface area contributed by atoms with Gasteiger partial charge in [0.15, 0.2) is 5.96 Å². The maximum atomic E-state index is 6.01. The normalized spacial score (nSPS) is 20.8. The molecule has 1 fully saturated rings. The first-order valence-corrected chi connectivity index (χ1v) is 7.90. The number of hydrogen-bond donors (Lipinski definition) is 2. The number of rotatable bonds is 4. The molecule has 0 bridgehead atoms. The Balaban J connectivity index is 1.89. The molecule has 1 unspecified atom stereocenters. The Kier molecular flexibility index (Phi) is 5.62. The van der Waals surface area contributed by atoms with Gasteiger partial charge >= 0.3 is 0 Å². The van der Waals surface area contributed by atoms with E-state index in [9.17, 15) is 0 Å². The Hall–Kier alpha value is -1.55. The van der Waals surface area contributed by atoms with Gasteiger partial charge in [0, 0.05) is 18.8 Å². The zero-order valence-corrected chi connectivity index (χ0v) is 13.5. The van der Waals surface area contributed by atoms with Gasteiger partial charge in [0.1, 0.15) is 0 Å². The second-order valence-corrected chi connectivity index (χ2v) is 6.40. The summed E-state index contributed by atoms with van der Waals surface area (Å²) in [6.45, 7) is 7.52. The standard InChI is InChI=1S/C17H28N4/c1-13(2)15-7-4-8-16(10-15)20-17(18)19-11-14-6-5-9-21(3)12-14/h4,7-8,10,13-14H,5-6,9,11-12H2,1-3H3,(H3,18,19,20). The van der Waals surface area contributed by atoms with Gasteiger partial charge in [-0.15, -0.1) is 0 Å². The summed E-state index contributed by atoms with van der Waals surface area (Å²) in [4.78, 5) is 6.88. The molecule has 21 heavy (non-hydrogen) atoms. The van der Waals surface area contributed by atoms with Crippen LogP contribution in [0.4, 0.5) is 5.69 Å². The van der Waals surface area contributed by atoms with E-state index < -0.39 is 0 Å². The van der Waals surface area contributed by atoms with Crippen molar-refractivity contribution in [2.24, 2.45) is 16.6 Å². The number of anilines is 1. The third-order valence-corrected chi connectivity index (χ3v) is 4.07. The van der Waals surface area contributed by atoms with Crippen LogP contribution in [0.3, 0.4) is 0 Å². The van der Waals surface area contributed by atoms with E-state index in [1.165, 1.54) is 24.9 Å². The molecular formula is C17H28N4. The number of nitrogens with zero attached hydrogens (tertiary/aromatic N) is 2. The summed E-state index contributed by atoms with van der Waals surface area (Å²) in [5.74, 6) is 1.66. The first-order chi connectivity index (χ1) is 10.0. The second-order valence-electron chi connectivity index (χ2n) is 6.40. The highest BCUT2D eigenvalue weighted by molar-refractivity contribution is 5.92. The molecular weight excluding hydrogens is 260 g/mol. The number of piperidine rings is 1. The average molecular weight is 288 g/mol. The highest BCUT2D eigenvalue weighted by Crippen LogP contribution is 2.18. The topological polar surface area (TPSA) is 53.6 Å². The zero-order chi connectivity index (χ0) is 15.2. The molecule has 4 heteroatoms. The molecule has 1 aromatic carbocycles. The summed E-state index contributed by atoms with van der Waals surface area (Å²) in [5, 5.41) is 3.20. The fourth-order valence-electron chi connectivity index (χ4n) is 2.81. The maximum absolute atomic E-state index is 6.01. The summed E-state index contributed by atoms with van der Waals surface area (Å²) >= 11 is 0. The van der Waals surface area contributed by atoms with E-state index in [-0.39, 0.29) is 0 Å². The molecule has 1 atom stereocenters. The van der Waals surface area contributed by atoms with Gasteiger partial charge in [-0.05, 0) is 56.0 Å². The molecule has 1 aromatic rings. The van der Waals surface area contributed by atoms with Crippen molar-refractivity contribution in [1.29, 1.82) is 0 Å². The highest BCUT2D eigenvalue weighted by Gasteiger charge is 2.16. The fraction of sp³-hybridized carbons (Fsp3) is 0.588. The number of nitrogens with one attached hydrogen (secondary N) is 1. The van der Waals surface area contributed by atoms with Gasteiger partial charge in [0.2, 0.25) is 0 Å². The van der Waals surface area contributed by atoms with Crippen LogP contribution in [-0.4, -0.2) is 37.5 Å². The van der Waals surface area contributed by atoms with E-state index >= 15 is 0 Å². The van der Waals surface area contributed by atoms with Gasteiger partial charge < -0.3 is 16.0 Å². The van der Waals surface area contributed by atoms with E-state index in [0.29, 0.717) is 17.8 Å². The van der Waals surface area contributed by atoms with Crippen LogP contribution in [0, 0.1) is 5.92 Å². The minimum atomic E-state index is 0.516. The van der Waals surface area contributed by atoms with Gasteiger partial charge in [-0.1, -0.05) is 26.0 Å². The van der Waals surface area contributed by atoms with Gasteiger partial charge in [0.05, 0.1) is 0 Å². The Morgan fingerprint density at radius 2 is 2.29 bits per heavy atom. The molecule has 0 aromatic heterocycles. The molecule has 1 saturated heterocycles. The van der Waals surface area contributed by atoms with Crippen molar-refractivity contribution < 1.29 is 0 Å². The number of benzene rings is 1. The molecule has 0 spiro atoms. The van der Waals surface area contributed by atoms with Crippen molar-refractivity contribution in [2.45, 2.75) is 32.6 Å². The van der Waals surface area contributed by atoms with Crippen molar-refractivity contribution in [3.8, 4) is 0 Å². The van der Waals surface area contributed by atoms with Gasteiger partial charge in [-0.3, -0.25) is 4.99 Å². The van der Waals surface area contributed by atoms with Crippen LogP contribution in [0.15, 0.2) is 29.3 Å². The van der Waals surface area contributed by atoms with Gasteiger partial charge in [-0.25, -0.2) is 0 Å². The number of nitrogens with two attached hydrogens (primary N) is 1. The number of hydrogen-bond acceptors (Lipinski definition) is 2. The van der Waals surface area contributed by atoms with Crippen molar-refractivity contribution >= 4 is 11.6 Å². The molecule has 4 nitrogen and oxygen atoms in total.